The molecule has 9 nitrogen and oxygen atoms in total. The van der Waals surface area contributed by atoms with E-state index in [0.29, 0.717) is 26.1 Å². The first-order valence-corrected chi connectivity index (χ1v) is 14.4. The number of quaternary nitrogens is 1. The topological polar surface area (TPSA) is 97.0 Å². The number of hydrogen-bond acceptors (Lipinski definition) is 6. The second-order valence-electron chi connectivity index (χ2n) is 11.6. The highest BCUT2D eigenvalue weighted by atomic mass is 16.6. The molecule has 40 heavy (non-hydrogen) atoms. The maximum absolute atomic E-state index is 14.0. The lowest BCUT2D eigenvalue weighted by molar-refractivity contribution is -0.874. The monoisotopic (exact) mass is 551 g/mol. The molecule has 218 valence electrons. The number of likely N-dealkylation sites (tertiary alicyclic amines) is 1. The Kier molecular flexibility index (Phi) is 10.2. The Morgan fingerprint density at radius 1 is 1.12 bits per heavy atom. The molecule has 3 atom stereocenters. The molecule has 2 aliphatic rings. The predicted octanol–water partition coefficient (Wildman–Crippen LogP) is 2.67. The molecule has 2 heterocycles. The Morgan fingerprint density at radius 2 is 1.77 bits per heavy atom. The van der Waals surface area contributed by atoms with Crippen molar-refractivity contribution in [2.45, 2.75) is 51.2 Å². The minimum atomic E-state index is -0.856. The van der Waals surface area contributed by atoms with Crippen molar-refractivity contribution >= 4 is 11.8 Å². The summed E-state index contributed by atoms with van der Waals surface area (Å²) >= 11 is 0. The van der Waals surface area contributed by atoms with Gasteiger partial charge in [0.25, 0.3) is 0 Å². The minimum absolute atomic E-state index is 0.0860. The van der Waals surface area contributed by atoms with E-state index in [-0.39, 0.29) is 30.8 Å². The average molecular weight is 552 g/mol. The number of nitrogens with one attached hydrogen (secondary N) is 2. The lowest BCUT2D eigenvalue weighted by atomic mass is 9.94. The summed E-state index contributed by atoms with van der Waals surface area (Å²) in [5.74, 6) is 0.705. The molecule has 0 radical (unpaired) electrons. The van der Waals surface area contributed by atoms with Gasteiger partial charge in [0.15, 0.2) is 6.04 Å². The van der Waals surface area contributed by atoms with Crippen LogP contribution >= 0.6 is 0 Å². The highest BCUT2D eigenvalue weighted by molar-refractivity contribution is 5.88. The molecule has 0 bridgehead atoms. The second kappa shape index (κ2) is 13.6. The van der Waals surface area contributed by atoms with E-state index in [4.69, 9.17) is 4.74 Å². The molecule has 0 aromatic heterocycles. The van der Waals surface area contributed by atoms with Crippen molar-refractivity contribution in [2.75, 3.05) is 54.1 Å². The first-order chi connectivity index (χ1) is 19.2. The van der Waals surface area contributed by atoms with E-state index in [9.17, 15) is 14.8 Å². The summed E-state index contributed by atoms with van der Waals surface area (Å²) in [4.78, 5) is 32.0. The predicted molar refractivity (Wildman–Crippen MR) is 156 cm³/mol. The van der Waals surface area contributed by atoms with Crippen LogP contribution in [0.2, 0.25) is 0 Å². The molecule has 0 aliphatic carbocycles. The van der Waals surface area contributed by atoms with E-state index in [2.05, 4.69) is 22.6 Å². The number of nitrogens with zero attached hydrogens (tertiary/aromatic N) is 3. The number of amides is 2. The number of piperidine rings is 1. The van der Waals surface area contributed by atoms with Crippen LogP contribution in [-0.4, -0.2) is 92.4 Å². The number of hydrogen-bond donors (Lipinski definition) is 2. The lowest BCUT2D eigenvalue weighted by Gasteiger charge is -2.46. The van der Waals surface area contributed by atoms with Gasteiger partial charge in [-0.2, -0.15) is 0 Å². The van der Waals surface area contributed by atoms with Gasteiger partial charge in [-0.3, -0.25) is 14.9 Å². The Labute approximate surface area is 238 Å². The summed E-state index contributed by atoms with van der Waals surface area (Å²) in [6.07, 6.45) is 2.74. The van der Waals surface area contributed by atoms with Gasteiger partial charge in [0.2, 0.25) is 11.8 Å². The maximum atomic E-state index is 14.0. The molecule has 2 aromatic carbocycles. The molecule has 4 rings (SSSR count). The van der Waals surface area contributed by atoms with Gasteiger partial charge in [-0.15, -0.1) is 0 Å². The van der Waals surface area contributed by atoms with E-state index in [1.165, 1.54) is 0 Å². The first-order valence-electron chi connectivity index (χ1n) is 14.4. The van der Waals surface area contributed by atoms with Crippen LogP contribution in [0.3, 0.4) is 0 Å². The zero-order valence-corrected chi connectivity index (χ0v) is 24.4. The van der Waals surface area contributed by atoms with Gasteiger partial charge in [-0.25, -0.2) is 0 Å². The smallest absolute Gasteiger partial charge is 0.249 e. The Balaban J connectivity index is 1.57. The van der Waals surface area contributed by atoms with Crippen LogP contribution in [0.4, 0.5) is 0 Å². The maximum Gasteiger partial charge on any atom is 0.249 e. The largest absolute Gasteiger partial charge is 0.632 e. The molecular weight excluding hydrogens is 506 g/mol. The van der Waals surface area contributed by atoms with Crippen molar-refractivity contribution in [3.8, 4) is 5.75 Å². The third-order valence-corrected chi connectivity index (χ3v) is 8.44. The lowest BCUT2D eigenvalue weighted by Crippen LogP contribution is -2.63. The molecular formula is C31H45N5O4. The fourth-order valence-electron chi connectivity index (χ4n) is 5.76. The third-order valence-electron chi connectivity index (χ3n) is 8.44. The van der Waals surface area contributed by atoms with E-state index < -0.39 is 16.7 Å². The summed E-state index contributed by atoms with van der Waals surface area (Å²) < 4.78 is 4.66. The van der Waals surface area contributed by atoms with E-state index in [1.807, 2.05) is 55.5 Å². The summed E-state index contributed by atoms with van der Waals surface area (Å²) in [5, 5.41) is 19.8. The van der Waals surface area contributed by atoms with Gasteiger partial charge in [0, 0.05) is 19.5 Å². The molecule has 2 saturated heterocycles. The van der Waals surface area contributed by atoms with Crippen molar-refractivity contribution in [3.63, 3.8) is 0 Å². The molecule has 2 aromatic rings. The highest BCUT2D eigenvalue weighted by Gasteiger charge is 2.46. The molecule has 2 fully saturated rings. The Morgan fingerprint density at radius 3 is 2.38 bits per heavy atom. The normalized spacial score (nSPS) is 22.6. The highest BCUT2D eigenvalue weighted by Crippen LogP contribution is 2.26. The second-order valence-corrected chi connectivity index (χ2v) is 11.6. The molecule has 0 saturated carbocycles. The minimum Gasteiger partial charge on any atom is -0.632 e. The van der Waals surface area contributed by atoms with Crippen LogP contribution in [0.25, 0.3) is 0 Å². The van der Waals surface area contributed by atoms with Gasteiger partial charge in [-0.05, 0) is 75.5 Å². The third kappa shape index (κ3) is 7.81. The van der Waals surface area contributed by atoms with E-state index in [0.717, 1.165) is 48.4 Å². The summed E-state index contributed by atoms with van der Waals surface area (Å²) in [5.41, 5.74) is 3.16. The Hall–Kier alpha value is -2.98. The SMILES string of the molecule is COc1ccc(CCC(=O)N(CC2CCN(C)CC2)C(C(=O)NCc2ccc(C)cc2)C2CNC[N+]2(C)[O-])cc1. The van der Waals surface area contributed by atoms with E-state index >= 15 is 0 Å². The molecule has 2 N–H and O–H groups in total. The molecule has 2 aliphatic heterocycles. The number of rotatable bonds is 11. The summed E-state index contributed by atoms with van der Waals surface area (Å²) in [6.45, 7) is 5.38. The van der Waals surface area contributed by atoms with Crippen molar-refractivity contribution < 1.29 is 19.0 Å². The van der Waals surface area contributed by atoms with Crippen LogP contribution in [0.1, 0.15) is 36.0 Å². The quantitative estimate of drug-likeness (QED) is 0.329. The average Bonchev–Trinajstić information content (AvgIpc) is 3.30. The van der Waals surface area contributed by atoms with Crippen LogP contribution < -0.4 is 15.4 Å². The summed E-state index contributed by atoms with van der Waals surface area (Å²) in [6, 6.07) is 14.3. The van der Waals surface area contributed by atoms with Crippen LogP contribution in [-0.2, 0) is 22.6 Å². The number of carbonyl (C=O) groups excluding carboxylic acids is 2. The molecule has 0 spiro atoms. The van der Waals surface area contributed by atoms with Crippen LogP contribution in [0.15, 0.2) is 48.5 Å². The van der Waals surface area contributed by atoms with Crippen molar-refractivity contribution in [1.82, 2.24) is 20.4 Å². The summed E-state index contributed by atoms with van der Waals surface area (Å²) in [7, 11) is 5.34. The van der Waals surface area contributed by atoms with Gasteiger partial charge in [-0.1, -0.05) is 42.0 Å². The number of ether oxygens (including phenoxy) is 1. The fraction of sp³-hybridized carbons (Fsp3) is 0.548. The van der Waals surface area contributed by atoms with Gasteiger partial charge >= 0.3 is 0 Å². The molecule has 9 heteroatoms. The number of likely N-dealkylation sites (N-methyl/N-ethyl adjacent to an activating group) is 1. The first kappa shape index (κ1) is 30.0. The zero-order valence-electron chi connectivity index (χ0n) is 24.4. The zero-order chi connectivity index (χ0) is 28.7. The van der Waals surface area contributed by atoms with Crippen molar-refractivity contribution in [1.29, 1.82) is 0 Å². The van der Waals surface area contributed by atoms with E-state index in [1.54, 1.807) is 19.1 Å². The fourth-order valence-corrected chi connectivity index (χ4v) is 5.76. The number of aryl methyl sites for hydroxylation is 2. The number of hydroxylamine groups is 3. The van der Waals surface area contributed by atoms with Crippen molar-refractivity contribution in [2.24, 2.45) is 5.92 Å². The van der Waals surface area contributed by atoms with Crippen LogP contribution in [0, 0.1) is 18.0 Å². The number of benzene rings is 2. The Bertz CT molecular complexity index is 1110. The van der Waals surface area contributed by atoms with Gasteiger partial charge in [0.1, 0.15) is 18.5 Å². The van der Waals surface area contributed by atoms with Gasteiger partial charge < -0.3 is 29.7 Å². The van der Waals surface area contributed by atoms with Gasteiger partial charge in [0.05, 0.1) is 20.7 Å². The molecule has 3 unspecified atom stereocenters. The standard InChI is InChI=1S/C31H45N5O4/c1-23-5-7-25(8-6-23)19-33-31(38)30(28-20-32-22-36(28,3)39)35(21-26-15-17-34(2)18-16-26)29(37)14-11-24-9-12-27(40-4)13-10-24/h5-10,12-13,26,28,30,32H,11,14-22H2,1-4H3,(H,33,38). The van der Waals surface area contributed by atoms with Crippen molar-refractivity contribution in [3.05, 3.63) is 70.4 Å². The number of carbonyl (C=O) groups is 2. The number of methoxy groups -OCH3 is 1. The molecule has 2 amide bonds. The van der Waals surface area contributed by atoms with Crippen LogP contribution in [0.5, 0.6) is 5.75 Å².